The number of hydrogen-bond donors (Lipinski definition) is 1. The zero-order valence-corrected chi connectivity index (χ0v) is 12.9. The Hall–Kier alpha value is -2.63. The van der Waals surface area contributed by atoms with E-state index in [0.717, 1.165) is 21.4 Å². The minimum atomic E-state index is -0.917. The highest BCUT2D eigenvalue weighted by atomic mass is 16.5. The number of carbonyl (C=O) groups is 3. The predicted octanol–water partition coefficient (Wildman–Crippen LogP) is 1.79. The number of nitrogens with zero attached hydrogens (tertiary/aromatic N) is 1. The molecule has 120 valence electrons. The molecule has 2 aromatic rings. The maximum atomic E-state index is 12.2. The van der Waals surface area contributed by atoms with Crippen LogP contribution in [0.25, 0.3) is 10.9 Å². The van der Waals surface area contributed by atoms with Crippen molar-refractivity contribution in [2.24, 2.45) is 0 Å². The van der Waals surface area contributed by atoms with Crippen molar-refractivity contribution in [3.63, 3.8) is 0 Å². The number of methoxy groups -OCH3 is 1. The molecule has 1 atom stereocenters. The van der Waals surface area contributed by atoms with Gasteiger partial charge < -0.3 is 9.72 Å². The van der Waals surface area contributed by atoms with Crippen LogP contribution in [0.4, 0.5) is 0 Å². The Morgan fingerprint density at radius 1 is 1.26 bits per heavy atom. The van der Waals surface area contributed by atoms with Crippen molar-refractivity contribution in [2.45, 2.75) is 31.7 Å². The number of fused-ring (bicyclic) bond motifs is 1. The number of piperidine rings is 1. The van der Waals surface area contributed by atoms with Crippen LogP contribution in [0.15, 0.2) is 30.5 Å². The number of aromatic amines is 1. The van der Waals surface area contributed by atoms with E-state index in [1.807, 2.05) is 24.3 Å². The summed E-state index contributed by atoms with van der Waals surface area (Å²) >= 11 is 0. The highest BCUT2D eigenvalue weighted by Crippen LogP contribution is 2.23. The van der Waals surface area contributed by atoms with E-state index in [0.29, 0.717) is 6.42 Å². The lowest BCUT2D eigenvalue weighted by atomic mass is 10.0. The number of benzene rings is 1. The fraction of sp³-hybridized carbons (Fsp3) is 0.353. The van der Waals surface area contributed by atoms with E-state index in [-0.39, 0.29) is 31.1 Å². The summed E-state index contributed by atoms with van der Waals surface area (Å²) in [4.78, 5) is 40.7. The molecule has 1 fully saturated rings. The molecule has 1 aromatic heterocycles. The van der Waals surface area contributed by atoms with Gasteiger partial charge in [-0.1, -0.05) is 18.2 Å². The van der Waals surface area contributed by atoms with Crippen molar-refractivity contribution >= 4 is 28.7 Å². The summed E-state index contributed by atoms with van der Waals surface area (Å²) in [6.07, 6.45) is 3.16. The molecule has 1 N–H and O–H groups in total. The normalized spacial score (nSPS) is 16.7. The van der Waals surface area contributed by atoms with Gasteiger partial charge in [-0.15, -0.1) is 0 Å². The Kier molecular flexibility index (Phi) is 4.14. The molecule has 2 amide bonds. The average molecular weight is 314 g/mol. The summed E-state index contributed by atoms with van der Waals surface area (Å²) in [5.41, 5.74) is 1.82. The van der Waals surface area contributed by atoms with Gasteiger partial charge in [0.05, 0.1) is 7.11 Å². The number of likely N-dealkylation sites (tertiary alicyclic amines) is 1. The van der Waals surface area contributed by atoms with Crippen molar-refractivity contribution in [1.29, 1.82) is 0 Å². The number of aromatic nitrogens is 1. The molecule has 0 radical (unpaired) electrons. The van der Waals surface area contributed by atoms with E-state index in [1.54, 1.807) is 6.20 Å². The number of hydrogen-bond acceptors (Lipinski definition) is 4. The molecule has 0 spiro atoms. The molecule has 2 heterocycles. The number of para-hydroxylation sites is 1. The largest absolute Gasteiger partial charge is 0.467 e. The topological polar surface area (TPSA) is 79.5 Å². The third kappa shape index (κ3) is 2.84. The summed E-state index contributed by atoms with van der Waals surface area (Å²) in [7, 11) is 1.27. The highest BCUT2D eigenvalue weighted by molar-refractivity contribution is 6.01. The minimum Gasteiger partial charge on any atom is -0.467 e. The minimum absolute atomic E-state index is 0.244. The fourth-order valence-electron chi connectivity index (χ4n) is 3.04. The van der Waals surface area contributed by atoms with Gasteiger partial charge in [-0.2, -0.15) is 0 Å². The second-order valence-corrected chi connectivity index (χ2v) is 5.61. The second kappa shape index (κ2) is 6.24. The smallest absolute Gasteiger partial charge is 0.329 e. The van der Waals surface area contributed by atoms with Crippen LogP contribution in [-0.2, 0) is 25.5 Å². The lowest BCUT2D eigenvalue weighted by Crippen LogP contribution is -2.51. The van der Waals surface area contributed by atoms with Crippen LogP contribution in [0.5, 0.6) is 0 Å². The molecule has 23 heavy (non-hydrogen) atoms. The van der Waals surface area contributed by atoms with Gasteiger partial charge in [-0.3, -0.25) is 14.5 Å². The molecular weight excluding hydrogens is 296 g/mol. The molecule has 1 aliphatic rings. The summed E-state index contributed by atoms with van der Waals surface area (Å²) in [6.45, 7) is 0. The zero-order valence-electron chi connectivity index (χ0n) is 12.9. The average Bonchev–Trinajstić information content (AvgIpc) is 2.96. The second-order valence-electron chi connectivity index (χ2n) is 5.61. The van der Waals surface area contributed by atoms with E-state index in [2.05, 4.69) is 4.98 Å². The number of nitrogens with one attached hydrogen (secondary N) is 1. The molecule has 1 aliphatic heterocycles. The number of amides is 2. The Balaban J connectivity index is 1.95. The van der Waals surface area contributed by atoms with Crippen molar-refractivity contribution in [1.82, 2.24) is 9.88 Å². The third-order valence-electron chi connectivity index (χ3n) is 4.19. The summed E-state index contributed by atoms with van der Waals surface area (Å²) < 4.78 is 4.83. The van der Waals surface area contributed by atoms with Gasteiger partial charge in [0.1, 0.15) is 6.04 Å². The number of esters is 1. The van der Waals surface area contributed by atoms with Crippen LogP contribution in [0.3, 0.4) is 0 Å². The Morgan fingerprint density at radius 2 is 1.96 bits per heavy atom. The van der Waals surface area contributed by atoms with Gasteiger partial charge in [0.15, 0.2) is 0 Å². The van der Waals surface area contributed by atoms with E-state index in [9.17, 15) is 14.4 Å². The molecule has 0 unspecified atom stereocenters. The van der Waals surface area contributed by atoms with Crippen molar-refractivity contribution in [3.05, 3.63) is 36.0 Å². The van der Waals surface area contributed by atoms with Crippen LogP contribution >= 0.6 is 0 Å². The SMILES string of the molecule is COC(=O)[C@@H](Cc1c[nH]c2ccccc12)N1C(=O)CCCC1=O. The Bertz CT molecular complexity index is 749. The number of imide groups is 1. The lowest BCUT2D eigenvalue weighted by Gasteiger charge is -2.31. The predicted molar refractivity (Wildman–Crippen MR) is 83.5 cm³/mol. The van der Waals surface area contributed by atoms with Crippen molar-refractivity contribution < 1.29 is 19.1 Å². The van der Waals surface area contributed by atoms with Gasteiger partial charge >= 0.3 is 5.97 Å². The van der Waals surface area contributed by atoms with Gasteiger partial charge in [-0.05, 0) is 18.1 Å². The van der Waals surface area contributed by atoms with Crippen LogP contribution in [0, 0.1) is 0 Å². The standard InChI is InChI=1S/C17H18N2O4/c1-23-17(22)14(19-15(20)7-4-8-16(19)21)9-11-10-18-13-6-3-2-5-12(11)13/h2-3,5-6,10,14,18H,4,7-9H2,1H3/t14-/m1/s1. The van der Waals surface area contributed by atoms with Gasteiger partial charge in [-0.25, -0.2) is 4.79 Å². The van der Waals surface area contributed by atoms with Gasteiger partial charge in [0.2, 0.25) is 11.8 Å². The number of rotatable bonds is 4. The first-order chi connectivity index (χ1) is 11.1. The van der Waals surface area contributed by atoms with E-state index >= 15 is 0 Å². The summed E-state index contributed by atoms with van der Waals surface area (Å²) in [5, 5.41) is 0.971. The Labute approximate surface area is 133 Å². The van der Waals surface area contributed by atoms with E-state index in [1.165, 1.54) is 7.11 Å². The Morgan fingerprint density at radius 3 is 2.65 bits per heavy atom. The number of ether oxygens (including phenoxy) is 1. The molecule has 1 saturated heterocycles. The van der Waals surface area contributed by atoms with Gasteiger partial charge in [0, 0.05) is 36.4 Å². The zero-order chi connectivity index (χ0) is 16.4. The fourth-order valence-corrected chi connectivity index (χ4v) is 3.04. The maximum absolute atomic E-state index is 12.2. The maximum Gasteiger partial charge on any atom is 0.329 e. The van der Waals surface area contributed by atoms with Crippen molar-refractivity contribution in [2.75, 3.05) is 7.11 Å². The van der Waals surface area contributed by atoms with Crippen LogP contribution < -0.4 is 0 Å². The monoisotopic (exact) mass is 314 g/mol. The number of carbonyl (C=O) groups excluding carboxylic acids is 3. The molecule has 6 nitrogen and oxygen atoms in total. The quantitative estimate of drug-likeness (QED) is 0.689. The molecule has 1 aromatic carbocycles. The lowest BCUT2D eigenvalue weighted by molar-refractivity contribution is -0.161. The molecule has 0 bridgehead atoms. The van der Waals surface area contributed by atoms with Crippen LogP contribution in [0.2, 0.25) is 0 Å². The van der Waals surface area contributed by atoms with E-state index in [4.69, 9.17) is 4.74 Å². The first kappa shape index (κ1) is 15.3. The first-order valence-corrected chi connectivity index (χ1v) is 7.59. The van der Waals surface area contributed by atoms with Crippen LogP contribution in [0.1, 0.15) is 24.8 Å². The third-order valence-corrected chi connectivity index (χ3v) is 4.19. The first-order valence-electron chi connectivity index (χ1n) is 7.59. The number of H-pyrrole nitrogens is 1. The molecule has 3 rings (SSSR count). The highest BCUT2D eigenvalue weighted by Gasteiger charge is 2.37. The van der Waals surface area contributed by atoms with Crippen LogP contribution in [-0.4, -0.2) is 40.8 Å². The molecule has 0 aliphatic carbocycles. The molecule has 6 heteroatoms. The van der Waals surface area contributed by atoms with Crippen molar-refractivity contribution in [3.8, 4) is 0 Å². The summed E-state index contributed by atoms with van der Waals surface area (Å²) in [5.74, 6) is -1.19. The van der Waals surface area contributed by atoms with E-state index < -0.39 is 12.0 Å². The molecular formula is C17H18N2O4. The molecule has 0 saturated carbocycles. The van der Waals surface area contributed by atoms with Gasteiger partial charge in [0.25, 0.3) is 0 Å². The summed E-state index contributed by atoms with van der Waals surface area (Å²) in [6, 6.07) is 6.78.